The topological polar surface area (TPSA) is 50.4 Å². The summed E-state index contributed by atoms with van der Waals surface area (Å²) in [6.45, 7) is 6.37. The van der Waals surface area contributed by atoms with Crippen molar-refractivity contribution in [3.05, 3.63) is 29.6 Å². The van der Waals surface area contributed by atoms with Gasteiger partial charge in [0.25, 0.3) is 0 Å². The molecule has 1 heterocycles. The zero-order valence-electron chi connectivity index (χ0n) is 12.8. The molecule has 2 rings (SSSR count). The molecule has 3 atom stereocenters. The molecule has 116 valence electrons. The van der Waals surface area contributed by atoms with Crippen LogP contribution < -0.4 is 10.6 Å². The minimum absolute atomic E-state index is 0.0936. The SMILES string of the molecule is Cc1ccc(NC(=O)[C@H](C)N[C@@H](C)[C@H]2CCCO2)c(F)c1. The second kappa shape index (κ2) is 7.00. The van der Waals surface area contributed by atoms with Crippen LogP contribution in [0, 0.1) is 12.7 Å². The van der Waals surface area contributed by atoms with E-state index in [1.54, 1.807) is 19.1 Å². The summed E-state index contributed by atoms with van der Waals surface area (Å²) in [5.41, 5.74) is 1.03. The fourth-order valence-corrected chi connectivity index (χ4v) is 2.54. The molecule has 1 fully saturated rings. The first-order valence-electron chi connectivity index (χ1n) is 7.42. The van der Waals surface area contributed by atoms with Crippen LogP contribution in [0.4, 0.5) is 10.1 Å². The zero-order valence-corrected chi connectivity index (χ0v) is 12.8. The van der Waals surface area contributed by atoms with Crippen molar-refractivity contribution in [1.29, 1.82) is 0 Å². The van der Waals surface area contributed by atoms with Crippen molar-refractivity contribution in [1.82, 2.24) is 5.32 Å². The van der Waals surface area contributed by atoms with Gasteiger partial charge in [-0.05, 0) is 51.3 Å². The van der Waals surface area contributed by atoms with E-state index in [1.807, 2.05) is 13.8 Å². The van der Waals surface area contributed by atoms with Gasteiger partial charge in [-0.1, -0.05) is 6.07 Å². The number of aryl methyl sites for hydroxylation is 1. The van der Waals surface area contributed by atoms with Crippen LogP contribution in [0.5, 0.6) is 0 Å². The average molecular weight is 294 g/mol. The Balaban J connectivity index is 1.89. The molecule has 0 radical (unpaired) electrons. The fraction of sp³-hybridized carbons (Fsp3) is 0.562. The van der Waals surface area contributed by atoms with Gasteiger partial charge in [-0.3, -0.25) is 4.79 Å². The second-order valence-corrected chi connectivity index (χ2v) is 5.70. The van der Waals surface area contributed by atoms with E-state index in [-0.39, 0.29) is 23.7 Å². The number of carbonyl (C=O) groups is 1. The summed E-state index contributed by atoms with van der Waals surface area (Å²) in [5.74, 6) is -0.662. The van der Waals surface area contributed by atoms with E-state index < -0.39 is 11.9 Å². The number of amides is 1. The number of anilines is 1. The molecule has 1 aromatic rings. The van der Waals surface area contributed by atoms with Crippen molar-refractivity contribution in [2.45, 2.75) is 51.8 Å². The van der Waals surface area contributed by atoms with E-state index in [4.69, 9.17) is 4.74 Å². The van der Waals surface area contributed by atoms with Gasteiger partial charge in [0.15, 0.2) is 0 Å². The molecule has 0 unspecified atom stereocenters. The summed E-state index contributed by atoms with van der Waals surface area (Å²) in [6, 6.07) is 4.44. The van der Waals surface area contributed by atoms with Crippen molar-refractivity contribution >= 4 is 11.6 Å². The number of nitrogens with one attached hydrogen (secondary N) is 2. The molecule has 0 saturated carbocycles. The third-order valence-electron chi connectivity index (χ3n) is 3.81. The lowest BCUT2D eigenvalue weighted by molar-refractivity contribution is -0.118. The van der Waals surface area contributed by atoms with E-state index in [2.05, 4.69) is 10.6 Å². The fourth-order valence-electron chi connectivity index (χ4n) is 2.54. The van der Waals surface area contributed by atoms with Crippen molar-refractivity contribution < 1.29 is 13.9 Å². The quantitative estimate of drug-likeness (QED) is 0.877. The second-order valence-electron chi connectivity index (χ2n) is 5.70. The first kappa shape index (κ1) is 15.9. The van der Waals surface area contributed by atoms with Crippen LogP contribution in [0.2, 0.25) is 0 Å². The summed E-state index contributed by atoms with van der Waals surface area (Å²) < 4.78 is 19.3. The zero-order chi connectivity index (χ0) is 15.4. The van der Waals surface area contributed by atoms with Gasteiger partial charge >= 0.3 is 0 Å². The molecule has 1 saturated heterocycles. The van der Waals surface area contributed by atoms with Crippen molar-refractivity contribution in [3.8, 4) is 0 Å². The lowest BCUT2D eigenvalue weighted by Crippen LogP contribution is -2.47. The predicted molar refractivity (Wildman–Crippen MR) is 80.8 cm³/mol. The van der Waals surface area contributed by atoms with E-state index >= 15 is 0 Å². The van der Waals surface area contributed by atoms with Gasteiger partial charge in [0, 0.05) is 12.6 Å². The standard InChI is InChI=1S/C16H23FN2O2/c1-10-6-7-14(13(17)9-10)19-16(20)12(3)18-11(2)15-5-4-8-21-15/h6-7,9,11-12,15,18H,4-5,8H2,1-3H3,(H,19,20)/t11-,12-,15+/m0/s1. The number of carbonyl (C=O) groups excluding carboxylic acids is 1. The lowest BCUT2D eigenvalue weighted by atomic mass is 10.1. The van der Waals surface area contributed by atoms with Crippen molar-refractivity contribution in [2.24, 2.45) is 0 Å². The molecular weight excluding hydrogens is 271 g/mol. The van der Waals surface area contributed by atoms with E-state index in [0.717, 1.165) is 25.0 Å². The molecule has 1 aliphatic rings. The summed E-state index contributed by atoms with van der Waals surface area (Å²) in [7, 11) is 0. The van der Waals surface area contributed by atoms with Gasteiger partial charge < -0.3 is 15.4 Å². The van der Waals surface area contributed by atoms with Crippen LogP contribution in [-0.2, 0) is 9.53 Å². The predicted octanol–water partition coefficient (Wildman–Crippen LogP) is 2.62. The highest BCUT2D eigenvalue weighted by molar-refractivity contribution is 5.94. The molecule has 0 spiro atoms. The Kier molecular flexibility index (Phi) is 5.31. The van der Waals surface area contributed by atoms with Crippen LogP contribution in [0.3, 0.4) is 0 Å². The molecule has 5 heteroatoms. The van der Waals surface area contributed by atoms with E-state index in [1.165, 1.54) is 6.07 Å². The first-order chi connectivity index (χ1) is 9.97. The maximum Gasteiger partial charge on any atom is 0.241 e. The summed E-state index contributed by atoms with van der Waals surface area (Å²) in [4.78, 5) is 12.1. The number of ether oxygens (including phenoxy) is 1. The normalized spacial score (nSPS) is 21.0. The molecule has 0 aromatic heterocycles. The Morgan fingerprint density at radius 1 is 1.43 bits per heavy atom. The molecule has 21 heavy (non-hydrogen) atoms. The summed E-state index contributed by atoms with van der Waals surface area (Å²) >= 11 is 0. The smallest absolute Gasteiger partial charge is 0.241 e. The molecular formula is C16H23FN2O2. The molecule has 4 nitrogen and oxygen atoms in total. The minimum atomic E-state index is -0.414. The number of hydrogen-bond acceptors (Lipinski definition) is 3. The highest BCUT2D eigenvalue weighted by Gasteiger charge is 2.25. The highest BCUT2D eigenvalue weighted by Crippen LogP contribution is 2.17. The van der Waals surface area contributed by atoms with E-state index in [0.29, 0.717) is 0 Å². The molecule has 1 amide bonds. The minimum Gasteiger partial charge on any atom is -0.377 e. The first-order valence-corrected chi connectivity index (χ1v) is 7.42. The molecule has 1 aliphatic heterocycles. The number of rotatable bonds is 5. The third-order valence-corrected chi connectivity index (χ3v) is 3.81. The van der Waals surface area contributed by atoms with Gasteiger partial charge in [-0.15, -0.1) is 0 Å². The molecule has 2 N–H and O–H groups in total. The van der Waals surface area contributed by atoms with Crippen LogP contribution in [-0.4, -0.2) is 30.7 Å². The van der Waals surface area contributed by atoms with Gasteiger partial charge in [0.2, 0.25) is 5.91 Å². The van der Waals surface area contributed by atoms with Crippen LogP contribution >= 0.6 is 0 Å². The van der Waals surface area contributed by atoms with Crippen LogP contribution in [0.25, 0.3) is 0 Å². The van der Waals surface area contributed by atoms with Gasteiger partial charge in [-0.25, -0.2) is 4.39 Å². The number of hydrogen-bond donors (Lipinski definition) is 2. The van der Waals surface area contributed by atoms with Crippen LogP contribution in [0.15, 0.2) is 18.2 Å². The Bertz CT molecular complexity index is 501. The third kappa shape index (κ3) is 4.25. The highest BCUT2D eigenvalue weighted by atomic mass is 19.1. The van der Waals surface area contributed by atoms with Crippen molar-refractivity contribution in [2.75, 3.05) is 11.9 Å². The number of halogens is 1. The largest absolute Gasteiger partial charge is 0.377 e. The maximum atomic E-state index is 13.7. The van der Waals surface area contributed by atoms with Crippen LogP contribution in [0.1, 0.15) is 32.3 Å². The Hall–Kier alpha value is -1.46. The Labute approximate surface area is 125 Å². The van der Waals surface area contributed by atoms with Gasteiger partial charge in [0.1, 0.15) is 5.82 Å². The Morgan fingerprint density at radius 2 is 2.19 bits per heavy atom. The molecule has 0 bridgehead atoms. The number of benzene rings is 1. The summed E-state index contributed by atoms with van der Waals surface area (Å²) in [5, 5.41) is 5.83. The maximum absolute atomic E-state index is 13.7. The average Bonchev–Trinajstić information content (AvgIpc) is 2.95. The van der Waals surface area contributed by atoms with Crippen molar-refractivity contribution in [3.63, 3.8) is 0 Å². The monoisotopic (exact) mass is 294 g/mol. The molecule has 1 aromatic carbocycles. The molecule has 0 aliphatic carbocycles. The Morgan fingerprint density at radius 3 is 2.81 bits per heavy atom. The van der Waals surface area contributed by atoms with E-state index in [9.17, 15) is 9.18 Å². The van der Waals surface area contributed by atoms with Gasteiger partial charge in [-0.2, -0.15) is 0 Å². The van der Waals surface area contributed by atoms with Gasteiger partial charge in [0.05, 0.1) is 17.8 Å². The summed E-state index contributed by atoms with van der Waals surface area (Å²) in [6.07, 6.45) is 2.22. The lowest BCUT2D eigenvalue weighted by Gasteiger charge is -2.24.